The minimum absolute atomic E-state index is 0.137. The Bertz CT molecular complexity index is 591. The van der Waals surface area contributed by atoms with Crippen LogP contribution in [0.15, 0.2) is 21.6 Å². The zero-order valence-corrected chi connectivity index (χ0v) is 12.0. The summed E-state index contributed by atoms with van der Waals surface area (Å²) in [7, 11) is 1.55. The Labute approximate surface area is 117 Å². The maximum absolute atomic E-state index is 13.9. The topological polar surface area (TPSA) is 58.7 Å². The normalized spacial score (nSPS) is 23.5. The molecule has 0 radical (unpaired) electrons. The molecule has 0 saturated carbocycles. The maximum Gasteiger partial charge on any atom is 0.288 e. The lowest BCUT2D eigenvalue weighted by molar-refractivity contribution is -0.124. The molecule has 2 rings (SSSR count). The van der Waals surface area contributed by atoms with Gasteiger partial charge in [-0.2, -0.15) is 0 Å². The lowest BCUT2D eigenvalue weighted by Gasteiger charge is -2.35. The first kappa shape index (κ1) is 13.9. The highest BCUT2D eigenvalue weighted by molar-refractivity contribution is 9.10. The lowest BCUT2D eigenvalue weighted by Crippen LogP contribution is -2.50. The van der Waals surface area contributed by atoms with Crippen molar-refractivity contribution in [2.45, 2.75) is 12.5 Å². The van der Waals surface area contributed by atoms with Crippen LogP contribution in [0, 0.1) is 11.6 Å². The fraction of sp³-hybridized carbons (Fsp3) is 0.333. The van der Waals surface area contributed by atoms with E-state index >= 15 is 0 Å². The number of benzene rings is 1. The molecule has 19 heavy (non-hydrogen) atoms. The standard InChI is InChI=1S/C12H12BrF2N3O/c1-12(5-18(2)11(19)10(16)17-12)6-3-7(13)9(15)4-8(6)14/h3-4H,5H2,1-2H3,(H2,16,17). The van der Waals surface area contributed by atoms with E-state index in [9.17, 15) is 13.6 Å². The second-order valence-corrected chi connectivity index (χ2v) is 5.53. The van der Waals surface area contributed by atoms with E-state index in [2.05, 4.69) is 20.9 Å². The van der Waals surface area contributed by atoms with Crippen LogP contribution in [0.5, 0.6) is 0 Å². The number of amides is 1. The van der Waals surface area contributed by atoms with Crippen molar-refractivity contribution in [2.75, 3.05) is 13.6 Å². The van der Waals surface area contributed by atoms with Crippen molar-refractivity contribution >= 4 is 27.7 Å². The summed E-state index contributed by atoms with van der Waals surface area (Å²) in [6, 6.07) is 2.11. The molecule has 1 aliphatic rings. The van der Waals surface area contributed by atoms with Crippen molar-refractivity contribution < 1.29 is 13.6 Å². The van der Waals surface area contributed by atoms with Gasteiger partial charge >= 0.3 is 0 Å². The molecule has 1 aromatic rings. The summed E-state index contributed by atoms with van der Waals surface area (Å²) in [5.41, 5.74) is 4.70. The van der Waals surface area contributed by atoms with Crippen LogP contribution in [0.2, 0.25) is 0 Å². The lowest BCUT2D eigenvalue weighted by atomic mass is 9.90. The van der Waals surface area contributed by atoms with Crippen molar-refractivity contribution in [3.8, 4) is 0 Å². The van der Waals surface area contributed by atoms with Gasteiger partial charge in [0.05, 0.1) is 11.0 Å². The molecule has 7 heteroatoms. The van der Waals surface area contributed by atoms with Crippen LogP contribution >= 0.6 is 15.9 Å². The molecular weight excluding hydrogens is 320 g/mol. The van der Waals surface area contributed by atoms with Gasteiger partial charge in [-0.15, -0.1) is 0 Å². The van der Waals surface area contributed by atoms with Gasteiger partial charge < -0.3 is 10.6 Å². The first-order valence-electron chi connectivity index (χ1n) is 5.50. The highest BCUT2D eigenvalue weighted by Gasteiger charge is 2.37. The monoisotopic (exact) mass is 331 g/mol. The van der Waals surface area contributed by atoms with Crippen LogP contribution in [-0.4, -0.2) is 30.2 Å². The molecule has 0 aliphatic carbocycles. The molecule has 1 aliphatic heterocycles. The van der Waals surface area contributed by atoms with Gasteiger partial charge in [0.2, 0.25) is 0 Å². The summed E-state index contributed by atoms with van der Waals surface area (Å²) in [6.45, 7) is 1.81. The molecule has 1 unspecified atom stereocenters. The van der Waals surface area contributed by atoms with E-state index in [-0.39, 0.29) is 22.4 Å². The number of aliphatic imine (C=N–C) groups is 1. The van der Waals surface area contributed by atoms with Crippen LogP contribution < -0.4 is 5.73 Å². The fourth-order valence-electron chi connectivity index (χ4n) is 2.16. The van der Waals surface area contributed by atoms with Gasteiger partial charge in [0, 0.05) is 18.7 Å². The van der Waals surface area contributed by atoms with Crippen molar-refractivity contribution in [1.29, 1.82) is 0 Å². The molecule has 0 bridgehead atoms. The summed E-state index contributed by atoms with van der Waals surface area (Å²) in [5.74, 6) is -2.00. The van der Waals surface area contributed by atoms with Crippen LogP contribution in [0.1, 0.15) is 12.5 Å². The zero-order valence-electron chi connectivity index (χ0n) is 10.4. The van der Waals surface area contributed by atoms with Crippen LogP contribution in [0.25, 0.3) is 0 Å². The first-order valence-corrected chi connectivity index (χ1v) is 6.30. The molecular formula is C12H12BrF2N3O. The number of carbonyl (C=O) groups is 1. The number of nitrogens with two attached hydrogens (primary N) is 1. The Hall–Kier alpha value is -1.50. The predicted molar refractivity (Wildman–Crippen MR) is 70.7 cm³/mol. The number of hydrogen-bond donors (Lipinski definition) is 1. The average Bonchev–Trinajstić information content (AvgIpc) is 2.30. The number of nitrogens with zero attached hydrogens (tertiary/aromatic N) is 2. The number of carbonyl (C=O) groups excluding carboxylic acids is 1. The molecule has 1 heterocycles. The first-order chi connectivity index (χ1) is 8.74. The Morgan fingerprint density at radius 2 is 2.05 bits per heavy atom. The van der Waals surface area contributed by atoms with Crippen LogP contribution in [-0.2, 0) is 10.3 Å². The molecule has 4 nitrogen and oxygen atoms in total. The molecule has 0 fully saturated rings. The van der Waals surface area contributed by atoms with Crippen LogP contribution in [0.4, 0.5) is 8.78 Å². The minimum Gasteiger partial charge on any atom is -0.379 e. The van der Waals surface area contributed by atoms with E-state index in [0.29, 0.717) is 0 Å². The number of amidine groups is 1. The van der Waals surface area contributed by atoms with E-state index < -0.39 is 23.1 Å². The highest BCUT2D eigenvalue weighted by Crippen LogP contribution is 2.33. The number of rotatable bonds is 1. The van der Waals surface area contributed by atoms with E-state index in [1.165, 1.54) is 11.0 Å². The third-order valence-corrected chi connectivity index (χ3v) is 3.68. The minimum atomic E-state index is -1.03. The molecule has 102 valence electrons. The maximum atomic E-state index is 13.9. The quantitative estimate of drug-likeness (QED) is 0.797. The summed E-state index contributed by atoms with van der Waals surface area (Å²) in [4.78, 5) is 17.0. The second kappa shape index (κ2) is 4.56. The van der Waals surface area contributed by atoms with Gasteiger partial charge in [-0.1, -0.05) is 0 Å². The Balaban J connectivity index is 2.58. The largest absolute Gasteiger partial charge is 0.379 e. The van der Waals surface area contributed by atoms with E-state index in [1.807, 2.05) is 0 Å². The SMILES string of the molecule is CN1CC(C)(c2cc(Br)c(F)cc2F)N=C(N)C1=O. The zero-order chi connectivity index (χ0) is 14.4. The number of halogens is 3. The summed E-state index contributed by atoms with van der Waals surface area (Å²) < 4.78 is 27.3. The van der Waals surface area contributed by atoms with Gasteiger partial charge in [0.15, 0.2) is 5.84 Å². The molecule has 2 N–H and O–H groups in total. The molecule has 0 saturated heterocycles. The Morgan fingerprint density at radius 3 is 2.63 bits per heavy atom. The Kier molecular flexibility index (Phi) is 3.34. The third-order valence-electron chi connectivity index (χ3n) is 3.07. The molecule has 0 aromatic heterocycles. The molecule has 1 aromatic carbocycles. The average molecular weight is 332 g/mol. The predicted octanol–water partition coefficient (Wildman–Crippen LogP) is 1.77. The highest BCUT2D eigenvalue weighted by atomic mass is 79.9. The van der Waals surface area contributed by atoms with Crippen LogP contribution in [0.3, 0.4) is 0 Å². The van der Waals surface area contributed by atoms with Gasteiger partial charge in [0.1, 0.15) is 17.2 Å². The van der Waals surface area contributed by atoms with Crippen molar-refractivity contribution in [3.63, 3.8) is 0 Å². The van der Waals surface area contributed by atoms with Gasteiger partial charge in [-0.05, 0) is 28.9 Å². The molecule has 0 spiro atoms. The van der Waals surface area contributed by atoms with Crippen molar-refractivity contribution in [2.24, 2.45) is 10.7 Å². The van der Waals surface area contributed by atoms with E-state index in [4.69, 9.17) is 5.73 Å². The van der Waals surface area contributed by atoms with Gasteiger partial charge in [0.25, 0.3) is 5.91 Å². The third kappa shape index (κ3) is 2.34. The van der Waals surface area contributed by atoms with Gasteiger partial charge in [-0.3, -0.25) is 9.79 Å². The summed E-state index contributed by atoms with van der Waals surface area (Å²) in [5, 5.41) is 0. The van der Waals surface area contributed by atoms with Gasteiger partial charge in [-0.25, -0.2) is 8.78 Å². The fourth-order valence-corrected chi connectivity index (χ4v) is 2.50. The Morgan fingerprint density at radius 1 is 1.42 bits per heavy atom. The van der Waals surface area contributed by atoms with Crippen molar-refractivity contribution in [1.82, 2.24) is 4.90 Å². The summed E-state index contributed by atoms with van der Waals surface area (Å²) >= 11 is 3.01. The molecule has 1 amide bonds. The second-order valence-electron chi connectivity index (χ2n) is 4.68. The smallest absolute Gasteiger partial charge is 0.288 e. The summed E-state index contributed by atoms with van der Waals surface area (Å²) in [6.07, 6.45) is 0. The van der Waals surface area contributed by atoms with E-state index in [1.54, 1.807) is 14.0 Å². The molecule has 1 atom stereocenters. The van der Waals surface area contributed by atoms with Crippen molar-refractivity contribution in [3.05, 3.63) is 33.8 Å². The number of likely N-dealkylation sites (N-methyl/N-ethyl adjacent to an activating group) is 1. The van der Waals surface area contributed by atoms with E-state index in [0.717, 1.165) is 6.07 Å². The number of hydrogen-bond acceptors (Lipinski definition) is 3.